The van der Waals surface area contributed by atoms with E-state index in [0.29, 0.717) is 5.56 Å². The van der Waals surface area contributed by atoms with E-state index < -0.39 is 20.0 Å². The standard InChI is InChI=1S/C8H10O3S.C6H4N2O4/c1-6-3-4-8(7(2)5-6)12(9,10)11;9-7(10)5-2-1-3-6(4-5)8(11)12/h3-5H,1-2H3,(H,9,10,11);1-4H. The molecule has 2 aromatic rings. The summed E-state index contributed by atoms with van der Waals surface area (Å²) in [7, 11) is -4.05. The lowest BCUT2D eigenvalue weighted by atomic mass is 10.2. The third-order valence-electron chi connectivity index (χ3n) is 2.86. The van der Waals surface area contributed by atoms with Gasteiger partial charge in [-0.2, -0.15) is 8.42 Å². The normalized spacial score (nSPS) is 10.5. The predicted octanol–water partition coefficient (Wildman–Crippen LogP) is 3.05. The molecule has 0 unspecified atom stereocenters. The molecule has 0 spiro atoms. The minimum atomic E-state index is -4.05. The zero-order valence-electron chi connectivity index (χ0n) is 12.7. The Kier molecular flexibility index (Phi) is 6.09. The van der Waals surface area contributed by atoms with Crippen molar-refractivity contribution in [3.63, 3.8) is 0 Å². The molecule has 0 heterocycles. The van der Waals surface area contributed by atoms with Crippen molar-refractivity contribution < 1.29 is 22.8 Å². The number of aryl methyl sites for hydroxylation is 2. The Labute approximate surface area is 137 Å². The summed E-state index contributed by atoms with van der Waals surface area (Å²) in [6, 6.07) is 9.36. The van der Waals surface area contributed by atoms with Crippen LogP contribution in [0.2, 0.25) is 0 Å². The summed E-state index contributed by atoms with van der Waals surface area (Å²) < 4.78 is 30.2. The van der Waals surface area contributed by atoms with Crippen LogP contribution in [0.4, 0.5) is 11.4 Å². The van der Waals surface area contributed by atoms with Crippen LogP contribution in [0.15, 0.2) is 47.4 Å². The number of benzene rings is 2. The first-order valence-electron chi connectivity index (χ1n) is 6.46. The lowest BCUT2D eigenvalue weighted by molar-refractivity contribution is -0.394. The summed E-state index contributed by atoms with van der Waals surface area (Å²) in [4.78, 5) is 18.9. The highest BCUT2D eigenvalue weighted by Crippen LogP contribution is 2.18. The third kappa shape index (κ3) is 5.41. The minimum absolute atomic E-state index is 0.0203. The van der Waals surface area contributed by atoms with Crippen molar-refractivity contribution >= 4 is 21.5 Å². The Morgan fingerprint density at radius 3 is 1.79 bits per heavy atom. The van der Waals surface area contributed by atoms with Crippen molar-refractivity contribution in [1.29, 1.82) is 0 Å². The smallest absolute Gasteiger partial charge is 0.282 e. The predicted molar refractivity (Wildman–Crippen MR) is 85.5 cm³/mol. The first kappa shape index (κ1) is 19.2. The average Bonchev–Trinajstić information content (AvgIpc) is 2.46. The first-order chi connectivity index (χ1) is 11.0. The molecule has 0 fully saturated rings. The molecule has 10 heteroatoms. The van der Waals surface area contributed by atoms with Crippen LogP contribution in [0.25, 0.3) is 0 Å². The van der Waals surface area contributed by atoms with Gasteiger partial charge in [-0.1, -0.05) is 17.7 Å². The molecular formula is C14H14N2O7S. The van der Waals surface area contributed by atoms with Gasteiger partial charge < -0.3 is 0 Å². The van der Waals surface area contributed by atoms with Crippen LogP contribution in [-0.2, 0) is 10.1 Å². The molecule has 128 valence electrons. The lowest BCUT2D eigenvalue weighted by Crippen LogP contribution is -2.00. The van der Waals surface area contributed by atoms with Gasteiger partial charge in [0.1, 0.15) is 0 Å². The van der Waals surface area contributed by atoms with E-state index in [9.17, 15) is 28.6 Å². The molecule has 1 N–H and O–H groups in total. The van der Waals surface area contributed by atoms with Crippen LogP contribution in [0, 0.1) is 34.1 Å². The van der Waals surface area contributed by atoms with E-state index in [2.05, 4.69) is 0 Å². The van der Waals surface area contributed by atoms with Crippen molar-refractivity contribution in [3.05, 3.63) is 73.8 Å². The summed E-state index contributed by atoms with van der Waals surface area (Å²) >= 11 is 0. The van der Waals surface area contributed by atoms with E-state index in [1.54, 1.807) is 19.1 Å². The largest absolute Gasteiger partial charge is 0.294 e. The fourth-order valence-corrected chi connectivity index (χ4v) is 2.51. The molecule has 0 aliphatic carbocycles. The van der Waals surface area contributed by atoms with Gasteiger partial charge in [0.05, 0.1) is 20.8 Å². The van der Waals surface area contributed by atoms with Gasteiger partial charge in [0, 0.05) is 12.1 Å². The van der Waals surface area contributed by atoms with E-state index in [1.807, 2.05) is 6.92 Å². The lowest BCUT2D eigenvalue weighted by Gasteiger charge is -2.02. The Hall–Kier alpha value is -2.85. The highest BCUT2D eigenvalue weighted by atomic mass is 32.2. The number of nitro benzene ring substituents is 2. The third-order valence-corrected chi connectivity index (χ3v) is 3.87. The molecule has 0 aliphatic heterocycles. The molecule has 0 radical (unpaired) electrons. The van der Waals surface area contributed by atoms with E-state index in [1.165, 1.54) is 24.3 Å². The molecule has 9 nitrogen and oxygen atoms in total. The molecule has 0 aromatic heterocycles. The Balaban J connectivity index is 0.000000240. The van der Waals surface area contributed by atoms with E-state index in [-0.39, 0.29) is 16.3 Å². The zero-order chi connectivity index (χ0) is 18.5. The Bertz CT molecular complexity index is 849. The fourth-order valence-electron chi connectivity index (χ4n) is 1.81. The van der Waals surface area contributed by atoms with Gasteiger partial charge in [-0.15, -0.1) is 0 Å². The summed E-state index contributed by atoms with van der Waals surface area (Å²) in [6.07, 6.45) is 0. The quantitative estimate of drug-likeness (QED) is 0.507. The first-order valence-corrected chi connectivity index (χ1v) is 7.90. The SMILES string of the molecule is Cc1ccc(S(=O)(=O)O)c(C)c1.O=[N+]([O-])c1cccc([N+](=O)[O-])c1. The molecule has 0 saturated heterocycles. The summed E-state index contributed by atoms with van der Waals surface area (Å²) in [5, 5.41) is 20.3. The van der Waals surface area contributed by atoms with Crippen molar-refractivity contribution in [3.8, 4) is 0 Å². The van der Waals surface area contributed by atoms with Crippen LogP contribution in [0.5, 0.6) is 0 Å². The van der Waals surface area contributed by atoms with Crippen molar-refractivity contribution in [2.45, 2.75) is 18.7 Å². The minimum Gasteiger partial charge on any atom is -0.282 e. The fraction of sp³-hybridized carbons (Fsp3) is 0.143. The average molecular weight is 354 g/mol. The van der Waals surface area contributed by atoms with Gasteiger partial charge in [0.25, 0.3) is 21.5 Å². The number of hydrogen-bond donors (Lipinski definition) is 1. The van der Waals surface area contributed by atoms with Gasteiger partial charge in [0.15, 0.2) is 0 Å². The Morgan fingerprint density at radius 1 is 0.917 bits per heavy atom. The summed E-state index contributed by atoms with van der Waals surface area (Å²) in [5.41, 5.74) is 0.991. The maximum Gasteiger partial charge on any atom is 0.294 e. The number of rotatable bonds is 3. The van der Waals surface area contributed by atoms with Gasteiger partial charge in [-0.25, -0.2) is 0 Å². The number of nitrogens with zero attached hydrogens (tertiary/aromatic N) is 2. The molecule has 2 aromatic carbocycles. The molecule has 24 heavy (non-hydrogen) atoms. The zero-order valence-corrected chi connectivity index (χ0v) is 13.6. The maximum atomic E-state index is 10.7. The van der Waals surface area contributed by atoms with Crippen LogP contribution in [0.1, 0.15) is 11.1 Å². The molecule has 0 bridgehead atoms. The molecule has 0 amide bonds. The highest BCUT2D eigenvalue weighted by molar-refractivity contribution is 7.85. The second kappa shape index (κ2) is 7.62. The molecule has 0 atom stereocenters. The van der Waals surface area contributed by atoms with Crippen molar-refractivity contribution in [2.75, 3.05) is 0 Å². The van der Waals surface area contributed by atoms with Crippen molar-refractivity contribution in [1.82, 2.24) is 0 Å². The van der Waals surface area contributed by atoms with Gasteiger partial charge in [-0.3, -0.25) is 24.8 Å². The second-order valence-corrected chi connectivity index (χ2v) is 6.17. The number of nitro groups is 2. The van der Waals surface area contributed by atoms with Crippen LogP contribution >= 0.6 is 0 Å². The van der Waals surface area contributed by atoms with Gasteiger partial charge in [0.2, 0.25) is 0 Å². The van der Waals surface area contributed by atoms with Crippen LogP contribution in [0.3, 0.4) is 0 Å². The van der Waals surface area contributed by atoms with Crippen LogP contribution in [-0.4, -0.2) is 22.8 Å². The van der Waals surface area contributed by atoms with Gasteiger partial charge >= 0.3 is 0 Å². The summed E-state index contributed by atoms with van der Waals surface area (Å²) in [5.74, 6) is 0. The summed E-state index contributed by atoms with van der Waals surface area (Å²) in [6.45, 7) is 3.51. The molecule has 2 rings (SSSR count). The second-order valence-electron chi connectivity index (χ2n) is 4.78. The molecule has 0 aliphatic rings. The van der Waals surface area contributed by atoms with E-state index in [4.69, 9.17) is 4.55 Å². The molecular weight excluding hydrogens is 340 g/mol. The number of hydrogen-bond acceptors (Lipinski definition) is 6. The maximum absolute atomic E-state index is 10.7. The topological polar surface area (TPSA) is 141 Å². The molecule has 0 saturated carbocycles. The number of non-ortho nitro benzene ring substituents is 2. The van der Waals surface area contributed by atoms with Crippen molar-refractivity contribution in [2.24, 2.45) is 0 Å². The van der Waals surface area contributed by atoms with E-state index in [0.717, 1.165) is 11.6 Å². The van der Waals surface area contributed by atoms with Gasteiger partial charge in [-0.05, 0) is 31.5 Å². The van der Waals surface area contributed by atoms with E-state index >= 15 is 0 Å². The Morgan fingerprint density at radius 2 is 1.42 bits per heavy atom. The van der Waals surface area contributed by atoms with Crippen LogP contribution < -0.4 is 0 Å². The monoisotopic (exact) mass is 354 g/mol. The highest BCUT2D eigenvalue weighted by Gasteiger charge is 2.12.